The largest absolute Gasteiger partial charge is 0.497 e. The fraction of sp³-hybridized carbons (Fsp3) is 0.154. The van der Waals surface area contributed by atoms with Crippen LogP contribution in [-0.4, -0.2) is 33.4 Å². The summed E-state index contributed by atoms with van der Waals surface area (Å²) < 4.78 is 27.4. The van der Waals surface area contributed by atoms with Crippen molar-refractivity contribution in [2.24, 2.45) is 0 Å². The van der Waals surface area contributed by atoms with Crippen molar-refractivity contribution in [3.05, 3.63) is 76.4 Å². The van der Waals surface area contributed by atoms with Gasteiger partial charge in [0.05, 0.1) is 39.4 Å². The molecular formula is C26H21NO6. The second-order valence-corrected chi connectivity index (χ2v) is 6.94. The lowest BCUT2D eigenvalue weighted by Gasteiger charge is -2.13. The predicted octanol–water partition coefficient (Wildman–Crippen LogP) is 4.29. The first-order valence-corrected chi connectivity index (χ1v) is 9.96. The zero-order valence-electron chi connectivity index (χ0n) is 18.6. The standard InChI is InChI=1S/C26H21NO6/c1-29-18-10-17(11-19(12-18)30-2)25-20(8-7-16-6-5-9-27-15-16)21-13-23(31-3)24(32-4)14-22(21)26(28)33-25/h5-6,9-15H,1-4H3. The van der Waals surface area contributed by atoms with Gasteiger partial charge in [0.25, 0.3) is 0 Å². The third-order valence-electron chi connectivity index (χ3n) is 5.04. The Kier molecular flexibility index (Phi) is 6.18. The molecule has 2 aromatic carbocycles. The van der Waals surface area contributed by atoms with Crippen LogP contribution in [0.5, 0.6) is 23.0 Å². The number of aromatic nitrogens is 1. The van der Waals surface area contributed by atoms with Crippen molar-refractivity contribution < 1.29 is 23.4 Å². The molecule has 4 rings (SSSR count). The van der Waals surface area contributed by atoms with Crippen LogP contribution in [0.15, 0.2) is 64.1 Å². The quantitative estimate of drug-likeness (QED) is 0.426. The Morgan fingerprint density at radius 2 is 1.48 bits per heavy atom. The Bertz CT molecular complexity index is 1410. The van der Waals surface area contributed by atoms with Gasteiger partial charge in [-0.05, 0) is 36.4 Å². The van der Waals surface area contributed by atoms with Crippen LogP contribution in [0.3, 0.4) is 0 Å². The van der Waals surface area contributed by atoms with Crippen molar-refractivity contribution in [2.45, 2.75) is 0 Å². The Labute approximate surface area is 190 Å². The molecule has 0 radical (unpaired) electrons. The van der Waals surface area contributed by atoms with E-state index in [4.69, 9.17) is 23.4 Å². The molecule has 2 aromatic heterocycles. The molecule has 0 atom stereocenters. The molecule has 0 saturated carbocycles. The molecule has 4 aromatic rings. The van der Waals surface area contributed by atoms with E-state index in [0.717, 1.165) is 0 Å². The smallest absolute Gasteiger partial charge is 0.344 e. The molecule has 0 amide bonds. The molecule has 0 aliphatic rings. The van der Waals surface area contributed by atoms with Gasteiger partial charge in [-0.3, -0.25) is 4.98 Å². The van der Waals surface area contributed by atoms with Crippen molar-refractivity contribution in [1.29, 1.82) is 0 Å². The number of benzene rings is 2. The first-order valence-electron chi connectivity index (χ1n) is 9.96. The van der Waals surface area contributed by atoms with Crippen LogP contribution in [0, 0.1) is 11.8 Å². The van der Waals surface area contributed by atoms with Gasteiger partial charge in [-0.15, -0.1) is 0 Å². The number of hydrogen-bond donors (Lipinski definition) is 0. The molecule has 0 spiro atoms. The lowest BCUT2D eigenvalue weighted by atomic mass is 10.00. The highest BCUT2D eigenvalue weighted by atomic mass is 16.5. The predicted molar refractivity (Wildman–Crippen MR) is 124 cm³/mol. The monoisotopic (exact) mass is 443 g/mol. The van der Waals surface area contributed by atoms with Gasteiger partial charge in [-0.1, -0.05) is 11.8 Å². The summed E-state index contributed by atoms with van der Waals surface area (Å²) in [5.74, 6) is 8.52. The Hall–Kier alpha value is -4.44. The molecule has 166 valence electrons. The van der Waals surface area contributed by atoms with Gasteiger partial charge in [0.15, 0.2) is 17.3 Å². The number of pyridine rings is 1. The molecule has 0 aliphatic carbocycles. The Morgan fingerprint density at radius 1 is 0.818 bits per heavy atom. The molecule has 7 nitrogen and oxygen atoms in total. The highest BCUT2D eigenvalue weighted by molar-refractivity contribution is 5.94. The maximum absolute atomic E-state index is 13.0. The van der Waals surface area contributed by atoms with Crippen LogP contribution in [-0.2, 0) is 0 Å². The Morgan fingerprint density at radius 3 is 2.06 bits per heavy atom. The molecule has 0 N–H and O–H groups in total. The average molecular weight is 443 g/mol. The highest BCUT2D eigenvalue weighted by Gasteiger charge is 2.19. The fourth-order valence-electron chi connectivity index (χ4n) is 3.41. The van der Waals surface area contributed by atoms with Crippen molar-refractivity contribution in [1.82, 2.24) is 4.98 Å². The SMILES string of the molecule is COc1cc(OC)cc(-c2oc(=O)c3cc(OC)c(OC)cc3c2C#Cc2cccnc2)c1. The van der Waals surface area contributed by atoms with E-state index in [1.807, 2.05) is 6.07 Å². The zero-order valence-corrected chi connectivity index (χ0v) is 18.6. The summed E-state index contributed by atoms with van der Waals surface area (Å²) in [7, 11) is 6.14. The summed E-state index contributed by atoms with van der Waals surface area (Å²) in [6, 6.07) is 12.2. The molecule has 0 unspecified atom stereocenters. The maximum atomic E-state index is 13.0. The molecule has 0 bridgehead atoms. The topological polar surface area (TPSA) is 80.0 Å². The van der Waals surface area contributed by atoms with Gasteiger partial charge in [0.1, 0.15) is 11.5 Å². The summed E-state index contributed by atoms with van der Waals surface area (Å²) in [6.45, 7) is 0. The van der Waals surface area contributed by atoms with E-state index in [-0.39, 0.29) is 5.76 Å². The van der Waals surface area contributed by atoms with E-state index in [1.165, 1.54) is 14.2 Å². The minimum Gasteiger partial charge on any atom is -0.497 e. The summed E-state index contributed by atoms with van der Waals surface area (Å²) in [4.78, 5) is 17.1. The first-order chi connectivity index (χ1) is 16.1. The van der Waals surface area contributed by atoms with Crippen molar-refractivity contribution in [3.63, 3.8) is 0 Å². The number of fused-ring (bicyclic) bond motifs is 1. The van der Waals surface area contributed by atoms with E-state index in [0.29, 0.717) is 50.5 Å². The lowest BCUT2D eigenvalue weighted by molar-refractivity contribution is 0.355. The van der Waals surface area contributed by atoms with Crippen LogP contribution < -0.4 is 24.6 Å². The van der Waals surface area contributed by atoms with Crippen LogP contribution in [0.25, 0.3) is 22.1 Å². The summed E-state index contributed by atoms with van der Waals surface area (Å²) >= 11 is 0. The van der Waals surface area contributed by atoms with E-state index < -0.39 is 5.63 Å². The van der Waals surface area contributed by atoms with E-state index >= 15 is 0 Å². The van der Waals surface area contributed by atoms with Crippen molar-refractivity contribution >= 4 is 10.8 Å². The van der Waals surface area contributed by atoms with Gasteiger partial charge >= 0.3 is 5.63 Å². The molecule has 7 heteroatoms. The van der Waals surface area contributed by atoms with Crippen molar-refractivity contribution in [3.8, 4) is 46.2 Å². The van der Waals surface area contributed by atoms with Gasteiger partial charge < -0.3 is 23.4 Å². The van der Waals surface area contributed by atoms with E-state index in [1.54, 1.807) is 63.0 Å². The van der Waals surface area contributed by atoms with Crippen molar-refractivity contribution in [2.75, 3.05) is 28.4 Å². The van der Waals surface area contributed by atoms with Gasteiger partial charge in [-0.2, -0.15) is 0 Å². The highest BCUT2D eigenvalue weighted by Crippen LogP contribution is 2.37. The third kappa shape index (κ3) is 4.32. The lowest BCUT2D eigenvalue weighted by Crippen LogP contribution is -2.05. The summed E-state index contributed by atoms with van der Waals surface area (Å²) in [6.07, 6.45) is 3.33. The van der Waals surface area contributed by atoms with E-state index in [9.17, 15) is 4.79 Å². The summed E-state index contributed by atoms with van der Waals surface area (Å²) in [5, 5.41) is 0.888. The molecule has 0 aliphatic heterocycles. The van der Waals surface area contributed by atoms with Gasteiger partial charge in [0.2, 0.25) is 0 Å². The number of rotatable bonds is 5. The first kappa shape index (κ1) is 21.8. The molecule has 2 heterocycles. The maximum Gasteiger partial charge on any atom is 0.344 e. The molecule has 0 fully saturated rings. The number of methoxy groups -OCH3 is 4. The molecule has 0 saturated heterocycles. The second-order valence-electron chi connectivity index (χ2n) is 6.94. The number of hydrogen-bond acceptors (Lipinski definition) is 7. The number of ether oxygens (including phenoxy) is 4. The van der Waals surface area contributed by atoms with Gasteiger partial charge in [-0.25, -0.2) is 4.79 Å². The third-order valence-corrected chi connectivity index (χ3v) is 5.04. The Balaban J connectivity index is 2.08. The van der Waals surface area contributed by atoms with Crippen LogP contribution >= 0.6 is 0 Å². The number of nitrogens with zero attached hydrogens (tertiary/aromatic N) is 1. The zero-order chi connectivity index (χ0) is 23.4. The minimum atomic E-state index is -0.533. The second kappa shape index (κ2) is 9.37. The van der Waals surface area contributed by atoms with Crippen LogP contribution in [0.4, 0.5) is 0 Å². The average Bonchev–Trinajstić information content (AvgIpc) is 2.87. The van der Waals surface area contributed by atoms with Crippen LogP contribution in [0.1, 0.15) is 11.1 Å². The molecular weight excluding hydrogens is 422 g/mol. The minimum absolute atomic E-state index is 0.285. The summed E-state index contributed by atoms with van der Waals surface area (Å²) in [5.41, 5.74) is 1.27. The van der Waals surface area contributed by atoms with Gasteiger partial charge in [0, 0.05) is 35.0 Å². The molecule has 33 heavy (non-hydrogen) atoms. The van der Waals surface area contributed by atoms with E-state index in [2.05, 4.69) is 16.8 Å². The van der Waals surface area contributed by atoms with Crippen LogP contribution in [0.2, 0.25) is 0 Å². The fourth-order valence-corrected chi connectivity index (χ4v) is 3.41. The normalized spacial score (nSPS) is 10.3.